The Labute approximate surface area is 159 Å². The number of benzene rings is 2. The van der Waals surface area contributed by atoms with Crippen molar-refractivity contribution in [3.63, 3.8) is 0 Å². The minimum atomic E-state index is -0.672. The van der Waals surface area contributed by atoms with Gasteiger partial charge in [-0.25, -0.2) is 4.98 Å². The van der Waals surface area contributed by atoms with Crippen molar-refractivity contribution in [1.29, 1.82) is 0 Å². The van der Waals surface area contributed by atoms with Crippen LogP contribution in [0.15, 0.2) is 53.9 Å². The van der Waals surface area contributed by atoms with Crippen molar-refractivity contribution in [3.8, 4) is 17.0 Å². The van der Waals surface area contributed by atoms with Gasteiger partial charge in [-0.2, -0.15) is 0 Å². The van der Waals surface area contributed by atoms with Gasteiger partial charge < -0.3 is 4.74 Å². The van der Waals surface area contributed by atoms with Crippen molar-refractivity contribution >= 4 is 45.6 Å². The van der Waals surface area contributed by atoms with Crippen molar-refractivity contribution in [1.82, 2.24) is 4.98 Å². The lowest BCUT2D eigenvalue weighted by atomic mass is 10.2. The normalized spacial score (nSPS) is 11.8. The molecular weight excluding hydrogens is 379 g/mol. The van der Waals surface area contributed by atoms with E-state index in [9.17, 15) is 4.79 Å². The van der Waals surface area contributed by atoms with Crippen molar-refractivity contribution in [2.45, 2.75) is 13.0 Å². The number of carbonyl (C=O) groups is 1. The van der Waals surface area contributed by atoms with Gasteiger partial charge in [0, 0.05) is 21.0 Å². The summed E-state index contributed by atoms with van der Waals surface area (Å²) in [6, 6.07) is 14.3. The van der Waals surface area contributed by atoms with E-state index in [0.29, 0.717) is 20.9 Å². The summed E-state index contributed by atoms with van der Waals surface area (Å²) < 4.78 is 5.60. The molecule has 0 aliphatic rings. The molecule has 128 valence electrons. The molecule has 1 heterocycles. The third-order valence-corrected chi connectivity index (χ3v) is 4.72. The van der Waals surface area contributed by atoms with Crippen LogP contribution in [0.3, 0.4) is 0 Å². The van der Waals surface area contributed by atoms with Crippen LogP contribution in [0, 0.1) is 0 Å². The van der Waals surface area contributed by atoms with E-state index in [2.05, 4.69) is 10.3 Å². The second kappa shape index (κ2) is 7.87. The van der Waals surface area contributed by atoms with Gasteiger partial charge >= 0.3 is 0 Å². The molecule has 0 radical (unpaired) electrons. The molecule has 2 aromatic carbocycles. The lowest BCUT2D eigenvalue weighted by Gasteiger charge is -2.13. The highest BCUT2D eigenvalue weighted by molar-refractivity contribution is 7.14. The Morgan fingerprint density at radius 3 is 2.60 bits per heavy atom. The molecule has 4 nitrogen and oxygen atoms in total. The fraction of sp³-hybridized carbons (Fsp3) is 0.111. The van der Waals surface area contributed by atoms with E-state index in [1.165, 1.54) is 11.3 Å². The number of carbonyl (C=O) groups excluding carboxylic acids is 1. The first kappa shape index (κ1) is 17.7. The number of nitrogens with zero attached hydrogens (tertiary/aromatic N) is 1. The van der Waals surface area contributed by atoms with Gasteiger partial charge in [0.05, 0.1) is 5.69 Å². The molecule has 0 saturated carbocycles. The van der Waals surface area contributed by atoms with Gasteiger partial charge in [0.1, 0.15) is 5.75 Å². The molecule has 1 aromatic heterocycles. The maximum atomic E-state index is 12.3. The third kappa shape index (κ3) is 4.51. The average molecular weight is 393 g/mol. The van der Waals surface area contributed by atoms with E-state index in [-0.39, 0.29) is 5.91 Å². The average Bonchev–Trinajstić information content (AvgIpc) is 3.05. The Balaban J connectivity index is 1.65. The van der Waals surface area contributed by atoms with Gasteiger partial charge in [-0.05, 0) is 37.3 Å². The van der Waals surface area contributed by atoms with E-state index in [0.717, 1.165) is 11.3 Å². The van der Waals surface area contributed by atoms with Crippen molar-refractivity contribution < 1.29 is 9.53 Å². The molecule has 0 saturated heterocycles. The minimum Gasteiger partial charge on any atom is -0.481 e. The molecule has 3 aromatic rings. The summed E-state index contributed by atoms with van der Waals surface area (Å²) in [6.45, 7) is 1.67. The highest BCUT2D eigenvalue weighted by atomic mass is 35.5. The van der Waals surface area contributed by atoms with Gasteiger partial charge in [-0.15, -0.1) is 11.3 Å². The lowest BCUT2D eigenvalue weighted by Crippen LogP contribution is -2.30. The Bertz CT molecular complexity index is 881. The number of hydrogen-bond acceptors (Lipinski definition) is 4. The molecule has 3 rings (SSSR count). The molecule has 7 heteroatoms. The number of ether oxygens (including phenoxy) is 1. The Kier molecular flexibility index (Phi) is 5.58. The standard InChI is InChI=1S/C18H14Cl2N2O2S/c1-11(24-13-8-6-12(19)7-9-13)17(23)22-18-21-16(10-25-18)14-4-2-3-5-15(14)20/h2-11H,1H3,(H,21,22,23)/t11-/m0/s1. The van der Waals surface area contributed by atoms with Crippen LogP contribution in [0.1, 0.15) is 6.92 Å². The number of hydrogen-bond donors (Lipinski definition) is 1. The number of nitrogens with one attached hydrogen (secondary N) is 1. The maximum Gasteiger partial charge on any atom is 0.266 e. The third-order valence-electron chi connectivity index (χ3n) is 3.38. The molecule has 0 aliphatic carbocycles. The summed E-state index contributed by atoms with van der Waals surface area (Å²) in [7, 11) is 0. The Morgan fingerprint density at radius 2 is 1.88 bits per heavy atom. The van der Waals surface area contributed by atoms with Gasteiger partial charge in [0.2, 0.25) is 0 Å². The Morgan fingerprint density at radius 1 is 1.16 bits per heavy atom. The van der Waals surface area contributed by atoms with Crippen LogP contribution in [0.4, 0.5) is 5.13 Å². The summed E-state index contributed by atoms with van der Waals surface area (Å²) in [5.41, 5.74) is 1.54. The summed E-state index contributed by atoms with van der Waals surface area (Å²) in [5, 5.41) is 6.32. The SMILES string of the molecule is C[C@H](Oc1ccc(Cl)cc1)C(=O)Nc1nc(-c2ccccc2Cl)cs1. The largest absolute Gasteiger partial charge is 0.481 e. The number of halogens is 2. The van der Waals surface area contributed by atoms with Gasteiger partial charge in [0.15, 0.2) is 11.2 Å². The smallest absolute Gasteiger partial charge is 0.266 e. The van der Waals surface area contributed by atoms with Gasteiger partial charge in [-0.3, -0.25) is 10.1 Å². The molecular formula is C18H14Cl2N2O2S. The van der Waals surface area contributed by atoms with Crippen LogP contribution in [0.5, 0.6) is 5.75 Å². The summed E-state index contributed by atoms with van der Waals surface area (Å²) in [5.74, 6) is 0.290. The van der Waals surface area contributed by atoms with E-state index in [1.807, 2.05) is 23.6 Å². The lowest BCUT2D eigenvalue weighted by molar-refractivity contribution is -0.122. The predicted molar refractivity (Wildman–Crippen MR) is 103 cm³/mol. The van der Waals surface area contributed by atoms with Crippen LogP contribution in [-0.2, 0) is 4.79 Å². The van der Waals surface area contributed by atoms with Crippen LogP contribution >= 0.6 is 34.5 Å². The molecule has 1 amide bonds. The fourth-order valence-electron chi connectivity index (χ4n) is 2.10. The summed E-state index contributed by atoms with van der Waals surface area (Å²) in [6.07, 6.45) is -0.672. The topological polar surface area (TPSA) is 51.2 Å². The predicted octanol–water partition coefficient (Wildman–Crippen LogP) is 5.52. The summed E-state index contributed by atoms with van der Waals surface area (Å²) >= 11 is 13.3. The van der Waals surface area contributed by atoms with Crippen molar-refractivity contribution in [3.05, 3.63) is 64.0 Å². The first-order chi connectivity index (χ1) is 12.0. The zero-order valence-corrected chi connectivity index (χ0v) is 15.5. The number of amides is 1. The first-order valence-corrected chi connectivity index (χ1v) is 9.10. The minimum absolute atomic E-state index is 0.282. The molecule has 0 bridgehead atoms. The van der Waals surface area contributed by atoms with E-state index in [1.54, 1.807) is 37.3 Å². The highest BCUT2D eigenvalue weighted by Crippen LogP contribution is 2.30. The zero-order valence-electron chi connectivity index (χ0n) is 13.2. The van der Waals surface area contributed by atoms with Crippen molar-refractivity contribution in [2.75, 3.05) is 5.32 Å². The number of anilines is 1. The van der Waals surface area contributed by atoms with Crippen molar-refractivity contribution in [2.24, 2.45) is 0 Å². The number of rotatable bonds is 5. The van der Waals surface area contributed by atoms with E-state index < -0.39 is 6.10 Å². The van der Waals surface area contributed by atoms with Gasteiger partial charge in [-0.1, -0.05) is 41.4 Å². The van der Waals surface area contributed by atoms with Crippen LogP contribution in [-0.4, -0.2) is 17.0 Å². The second-order valence-electron chi connectivity index (χ2n) is 5.22. The monoisotopic (exact) mass is 392 g/mol. The molecule has 0 spiro atoms. The summed E-state index contributed by atoms with van der Waals surface area (Å²) in [4.78, 5) is 16.7. The quantitative estimate of drug-likeness (QED) is 0.621. The fourth-order valence-corrected chi connectivity index (χ4v) is 3.17. The zero-order chi connectivity index (χ0) is 17.8. The highest BCUT2D eigenvalue weighted by Gasteiger charge is 2.17. The number of aromatic nitrogens is 1. The van der Waals surface area contributed by atoms with Crippen LogP contribution < -0.4 is 10.1 Å². The van der Waals surface area contributed by atoms with E-state index in [4.69, 9.17) is 27.9 Å². The maximum absolute atomic E-state index is 12.3. The molecule has 1 N–H and O–H groups in total. The Hall–Kier alpha value is -2.08. The second-order valence-corrected chi connectivity index (χ2v) is 6.92. The number of thiazole rings is 1. The molecule has 0 fully saturated rings. The van der Waals surface area contributed by atoms with Crippen LogP contribution in [0.25, 0.3) is 11.3 Å². The first-order valence-electron chi connectivity index (χ1n) is 7.46. The molecule has 0 aliphatic heterocycles. The molecule has 1 atom stereocenters. The molecule has 25 heavy (non-hydrogen) atoms. The van der Waals surface area contributed by atoms with Crippen LogP contribution in [0.2, 0.25) is 10.0 Å². The van der Waals surface area contributed by atoms with E-state index >= 15 is 0 Å². The van der Waals surface area contributed by atoms with Gasteiger partial charge in [0.25, 0.3) is 5.91 Å². The molecule has 0 unspecified atom stereocenters.